The minimum absolute atomic E-state index is 0.0184. The maximum Gasteiger partial charge on any atom is 0.409 e. The van der Waals surface area contributed by atoms with E-state index in [1.165, 1.54) is 0 Å². The van der Waals surface area contributed by atoms with Crippen LogP contribution in [-0.2, 0) is 20.7 Å². The van der Waals surface area contributed by atoms with E-state index < -0.39 is 0 Å². The maximum atomic E-state index is 12.2. The minimum Gasteiger partial charge on any atom is -0.450 e. The van der Waals surface area contributed by atoms with Crippen LogP contribution in [0.1, 0.15) is 25.3 Å². The molecule has 0 aromatic heterocycles. The van der Waals surface area contributed by atoms with Crippen molar-refractivity contribution in [1.29, 1.82) is 0 Å². The van der Waals surface area contributed by atoms with E-state index in [0.717, 1.165) is 12.0 Å². The van der Waals surface area contributed by atoms with Crippen molar-refractivity contribution in [3.8, 4) is 0 Å². The first kappa shape index (κ1) is 21.0. The predicted molar refractivity (Wildman–Crippen MR) is 103 cm³/mol. The number of nitrogens with one attached hydrogen (secondary N) is 1. The molecule has 1 fully saturated rings. The molecule has 3 amide bonds. The summed E-state index contributed by atoms with van der Waals surface area (Å²) in [6.07, 6.45) is 1.46. The fourth-order valence-electron chi connectivity index (χ4n) is 2.87. The zero-order chi connectivity index (χ0) is 19.6. The van der Waals surface area contributed by atoms with Crippen LogP contribution in [0.25, 0.3) is 0 Å². The highest BCUT2D eigenvalue weighted by molar-refractivity contribution is 6.30. The number of carbonyl (C=O) groups excluding carboxylic acids is 3. The molecular formula is C19H26ClN3O4. The van der Waals surface area contributed by atoms with Gasteiger partial charge < -0.3 is 19.9 Å². The fraction of sp³-hybridized carbons (Fsp3) is 0.526. The van der Waals surface area contributed by atoms with Gasteiger partial charge in [0.2, 0.25) is 11.8 Å². The summed E-state index contributed by atoms with van der Waals surface area (Å²) in [7, 11) is 0. The lowest BCUT2D eigenvalue weighted by atomic mass is 10.1. The van der Waals surface area contributed by atoms with Crippen molar-refractivity contribution in [2.24, 2.45) is 0 Å². The van der Waals surface area contributed by atoms with E-state index in [-0.39, 0.29) is 24.5 Å². The van der Waals surface area contributed by atoms with E-state index >= 15 is 0 Å². The normalized spacial score (nSPS) is 14.0. The van der Waals surface area contributed by atoms with Crippen molar-refractivity contribution >= 4 is 29.5 Å². The van der Waals surface area contributed by atoms with E-state index in [1.54, 1.807) is 16.7 Å². The van der Waals surface area contributed by atoms with Crippen molar-refractivity contribution in [3.05, 3.63) is 34.9 Å². The number of ether oxygens (including phenoxy) is 1. The monoisotopic (exact) mass is 395 g/mol. The number of hydrogen-bond donors (Lipinski definition) is 1. The van der Waals surface area contributed by atoms with Gasteiger partial charge in [0.15, 0.2) is 0 Å². The van der Waals surface area contributed by atoms with E-state index in [1.807, 2.05) is 24.3 Å². The number of nitrogens with zero attached hydrogens (tertiary/aromatic N) is 2. The first-order chi connectivity index (χ1) is 13.0. The predicted octanol–water partition coefficient (Wildman–Crippen LogP) is 2.08. The molecule has 8 heteroatoms. The van der Waals surface area contributed by atoms with Gasteiger partial charge in [0.1, 0.15) is 0 Å². The molecule has 0 bridgehead atoms. The molecule has 0 spiro atoms. The van der Waals surface area contributed by atoms with Gasteiger partial charge in [-0.15, -0.1) is 0 Å². The van der Waals surface area contributed by atoms with Crippen LogP contribution in [0.15, 0.2) is 24.3 Å². The standard InChI is InChI=1S/C19H26ClN3O4/c1-2-27-19(26)23-11-9-22(10-12-23)18(25)14-21-17(24)8-4-6-15-5-3-7-16(20)13-15/h3,5,7,13H,2,4,6,8-12,14H2,1H3,(H,21,24). The molecule has 1 saturated heterocycles. The molecule has 0 unspecified atom stereocenters. The van der Waals surface area contributed by atoms with Gasteiger partial charge in [0, 0.05) is 37.6 Å². The molecule has 1 N–H and O–H groups in total. The van der Waals surface area contributed by atoms with Crippen molar-refractivity contribution in [3.63, 3.8) is 0 Å². The zero-order valence-corrected chi connectivity index (χ0v) is 16.3. The first-order valence-electron chi connectivity index (χ1n) is 9.20. The summed E-state index contributed by atoms with van der Waals surface area (Å²) in [6.45, 7) is 3.85. The van der Waals surface area contributed by atoms with Crippen LogP contribution in [0.5, 0.6) is 0 Å². The van der Waals surface area contributed by atoms with Gasteiger partial charge in [-0.2, -0.15) is 0 Å². The summed E-state index contributed by atoms with van der Waals surface area (Å²) >= 11 is 5.94. The molecule has 27 heavy (non-hydrogen) atoms. The molecule has 1 heterocycles. The van der Waals surface area contributed by atoms with Gasteiger partial charge >= 0.3 is 6.09 Å². The highest BCUT2D eigenvalue weighted by Gasteiger charge is 2.24. The van der Waals surface area contributed by atoms with E-state index in [4.69, 9.17) is 16.3 Å². The maximum absolute atomic E-state index is 12.2. The molecule has 1 aliphatic heterocycles. The number of halogens is 1. The van der Waals surface area contributed by atoms with Gasteiger partial charge in [-0.25, -0.2) is 4.79 Å². The van der Waals surface area contributed by atoms with E-state index in [0.29, 0.717) is 50.7 Å². The van der Waals surface area contributed by atoms with Crippen LogP contribution in [0.4, 0.5) is 4.79 Å². The first-order valence-corrected chi connectivity index (χ1v) is 9.58. The number of benzene rings is 1. The highest BCUT2D eigenvalue weighted by atomic mass is 35.5. The lowest BCUT2D eigenvalue weighted by Crippen LogP contribution is -2.52. The summed E-state index contributed by atoms with van der Waals surface area (Å²) in [5.41, 5.74) is 1.09. The summed E-state index contributed by atoms with van der Waals surface area (Å²) in [5.74, 6) is -0.280. The molecule has 2 rings (SSSR count). The third-order valence-electron chi connectivity index (χ3n) is 4.35. The smallest absolute Gasteiger partial charge is 0.409 e. The molecule has 0 atom stereocenters. The Balaban J connectivity index is 1.62. The van der Waals surface area contributed by atoms with Gasteiger partial charge in [0.25, 0.3) is 0 Å². The molecule has 0 saturated carbocycles. The topological polar surface area (TPSA) is 79.0 Å². The molecule has 1 aromatic rings. The number of piperazine rings is 1. The van der Waals surface area contributed by atoms with Crippen LogP contribution in [0.3, 0.4) is 0 Å². The second kappa shape index (κ2) is 10.8. The third-order valence-corrected chi connectivity index (χ3v) is 4.59. The van der Waals surface area contributed by atoms with E-state index in [9.17, 15) is 14.4 Å². The zero-order valence-electron chi connectivity index (χ0n) is 15.6. The molecular weight excluding hydrogens is 370 g/mol. The Hall–Kier alpha value is -2.28. The van der Waals surface area contributed by atoms with Crippen LogP contribution in [0, 0.1) is 0 Å². The Kier molecular flexibility index (Phi) is 8.39. The largest absolute Gasteiger partial charge is 0.450 e. The lowest BCUT2D eigenvalue weighted by Gasteiger charge is -2.34. The second-order valence-corrected chi connectivity index (χ2v) is 6.76. The summed E-state index contributed by atoms with van der Waals surface area (Å²) in [4.78, 5) is 39.0. The summed E-state index contributed by atoms with van der Waals surface area (Å²) < 4.78 is 4.95. The van der Waals surface area contributed by atoms with Crippen LogP contribution in [-0.4, -0.2) is 67.0 Å². The molecule has 1 aromatic carbocycles. The average Bonchev–Trinajstić information content (AvgIpc) is 2.66. The van der Waals surface area contributed by atoms with Gasteiger partial charge in [-0.3, -0.25) is 9.59 Å². The highest BCUT2D eigenvalue weighted by Crippen LogP contribution is 2.12. The lowest BCUT2D eigenvalue weighted by molar-refractivity contribution is -0.134. The summed E-state index contributed by atoms with van der Waals surface area (Å²) in [5, 5.41) is 3.36. The molecule has 0 aliphatic carbocycles. The van der Waals surface area contributed by atoms with Crippen molar-refractivity contribution in [2.75, 3.05) is 39.3 Å². The third kappa shape index (κ3) is 7.09. The van der Waals surface area contributed by atoms with Gasteiger partial charge in [-0.05, 0) is 37.5 Å². The molecule has 148 valence electrons. The van der Waals surface area contributed by atoms with Crippen LogP contribution >= 0.6 is 11.6 Å². The average molecular weight is 396 g/mol. The van der Waals surface area contributed by atoms with Crippen LogP contribution in [0.2, 0.25) is 5.02 Å². The minimum atomic E-state index is -0.349. The Labute approximate surface area is 164 Å². The Bertz CT molecular complexity index is 660. The number of hydrogen-bond acceptors (Lipinski definition) is 4. The molecule has 0 radical (unpaired) electrons. The number of aryl methyl sites for hydroxylation is 1. The summed E-state index contributed by atoms with van der Waals surface area (Å²) in [6, 6.07) is 7.57. The van der Waals surface area contributed by atoms with E-state index in [2.05, 4.69) is 5.32 Å². The quantitative estimate of drug-likeness (QED) is 0.766. The van der Waals surface area contributed by atoms with Crippen molar-refractivity contribution < 1.29 is 19.1 Å². The molecule has 1 aliphatic rings. The Morgan fingerprint density at radius 1 is 1.15 bits per heavy atom. The van der Waals surface area contributed by atoms with Gasteiger partial charge in [-0.1, -0.05) is 23.7 Å². The molecule has 7 nitrogen and oxygen atoms in total. The van der Waals surface area contributed by atoms with Crippen LogP contribution < -0.4 is 5.32 Å². The number of rotatable bonds is 7. The van der Waals surface area contributed by atoms with Crippen molar-refractivity contribution in [1.82, 2.24) is 15.1 Å². The Morgan fingerprint density at radius 3 is 2.52 bits per heavy atom. The van der Waals surface area contributed by atoms with Crippen molar-refractivity contribution in [2.45, 2.75) is 26.2 Å². The number of amides is 3. The second-order valence-electron chi connectivity index (χ2n) is 6.33. The Morgan fingerprint density at radius 2 is 1.85 bits per heavy atom. The van der Waals surface area contributed by atoms with Gasteiger partial charge in [0.05, 0.1) is 13.2 Å². The fourth-order valence-corrected chi connectivity index (χ4v) is 3.09. The SMILES string of the molecule is CCOC(=O)N1CCN(C(=O)CNC(=O)CCCc2cccc(Cl)c2)CC1. The number of carbonyl (C=O) groups is 3.